The van der Waals surface area contributed by atoms with Crippen molar-refractivity contribution >= 4 is 15.9 Å². The van der Waals surface area contributed by atoms with Crippen molar-refractivity contribution < 1.29 is 35.6 Å². The molecule has 0 aliphatic carbocycles. The molecule has 6 nitrogen and oxygen atoms in total. The van der Waals surface area contributed by atoms with Crippen molar-refractivity contribution in [3.63, 3.8) is 0 Å². The Hall–Kier alpha value is -2.50. The number of halogens is 4. The second kappa shape index (κ2) is 7.73. The molecular formula is C18H16F4N2O4S. The van der Waals surface area contributed by atoms with Crippen molar-refractivity contribution in [2.45, 2.75) is 23.3 Å². The third kappa shape index (κ3) is 4.74. The highest BCUT2D eigenvalue weighted by Crippen LogP contribution is 2.34. The molecule has 1 aliphatic rings. The van der Waals surface area contributed by atoms with Crippen LogP contribution in [0, 0.1) is 0 Å². The van der Waals surface area contributed by atoms with Gasteiger partial charge >= 0.3 is 6.18 Å². The monoisotopic (exact) mass is 432 g/mol. The topological polar surface area (TPSA) is 75.7 Å². The minimum absolute atomic E-state index is 0.211. The highest BCUT2D eigenvalue weighted by molar-refractivity contribution is 7.89. The standard InChI is InChI=1S/C18H16F4N2O4S/c19-17(28-23-16(25)13-5-2-1-3-6-13)9-10-24(12-17)29(26,27)15-8-4-7-14(11-15)18(20,21)22/h1-8,11H,9-10,12H2,(H,23,25)/t17-/m0/s1. The average Bonchev–Trinajstić information content (AvgIpc) is 3.10. The largest absolute Gasteiger partial charge is 0.416 e. The van der Waals surface area contributed by atoms with E-state index in [4.69, 9.17) is 4.84 Å². The highest BCUT2D eigenvalue weighted by Gasteiger charge is 2.46. The fourth-order valence-electron chi connectivity index (χ4n) is 2.77. The molecule has 1 N–H and O–H groups in total. The fraction of sp³-hybridized carbons (Fsp3) is 0.278. The van der Waals surface area contributed by atoms with E-state index < -0.39 is 51.4 Å². The molecule has 29 heavy (non-hydrogen) atoms. The molecule has 3 rings (SSSR count). The van der Waals surface area contributed by atoms with Crippen LogP contribution < -0.4 is 5.48 Å². The SMILES string of the molecule is O=C(NO[C@@]1(F)CCN(S(=O)(=O)c2cccc(C(F)(F)F)c2)C1)c1ccccc1. The maximum Gasteiger partial charge on any atom is 0.416 e. The molecule has 1 fully saturated rings. The van der Waals surface area contributed by atoms with E-state index in [1.807, 2.05) is 5.48 Å². The summed E-state index contributed by atoms with van der Waals surface area (Å²) in [5.74, 6) is -3.24. The van der Waals surface area contributed by atoms with E-state index in [-0.39, 0.29) is 12.1 Å². The van der Waals surface area contributed by atoms with E-state index in [0.717, 1.165) is 18.2 Å². The van der Waals surface area contributed by atoms with Gasteiger partial charge in [0.2, 0.25) is 15.9 Å². The van der Waals surface area contributed by atoms with Gasteiger partial charge in [-0.2, -0.15) is 17.5 Å². The van der Waals surface area contributed by atoms with Crippen LogP contribution in [0.25, 0.3) is 0 Å². The van der Waals surface area contributed by atoms with Crippen molar-refractivity contribution in [2.24, 2.45) is 0 Å². The van der Waals surface area contributed by atoms with E-state index in [9.17, 15) is 30.8 Å². The van der Waals surface area contributed by atoms with Gasteiger partial charge in [-0.15, -0.1) is 0 Å². The third-order valence-electron chi connectivity index (χ3n) is 4.31. The molecule has 0 radical (unpaired) electrons. The average molecular weight is 432 g/mol. The molecule has 11 heteroatoms. The van der Waals surface area contributed by atoms with Crippen molar-refractivity contribution in [1.29, 1.82) is 0 Å². The number of nitrogens with zero attached hydrogens (tertiary/aromatic N) is 1. The fourth-order valence-corrected chi connectivity index (χ4v) is 4.29. The minimum Gasteiger partial charge on any atom is -0.267 e. The molecule has 2 aromatic carbocycles. The number of hydrogen-bond acceptors (Lipinski definition) is 4. The van der Waals surface area contributed by atoms with Gasteiger partial charge in [0.15, 0.2) is 0 Å². The maximum absolute atomic E-state index is 14.8. The molecule has 2 aromatic rings. The number of hydrogen-bond donors (Lipinski definition) is 1. The Bertz CT molecular complexity index is 998. The molecular weight excluding hydrogens is 416 g/mol. The number of sulfonamides is 1. The van der Waals surface area contributed by atoms with E-state index in [2.05, 4.69) is 0 Å². The van der Waals surface area contributed by atoms with Crippen molar-refractivity contribution in [1.82, 2.24) is 9.79 Å². The number of carbonyl (C=O) groups is 1. The van der Waals surface area contributed by atoms with E-state index in [1.165, 1.54) is 12.1 Å². The lowest BCUT2D eigenvalue weighted by Crippen LogP contribution is -2.40. The van der Waals surface area contributed by atoms with Crippen LogP contribution in [0.1, 0.15) is 22.3 Å². The van der Waals surface area contributed by atoms with Gasteiger partial charge < -0.3 is 0 Å². The van der Waals surface area contributed by atoms with Crippen molar-refractivity contribution in [2.75, 3.05) is 13.1 Å². The molecule has 0 bridgehead atoms. The summed E-state index contributed by atoms with van der Waals surface area (Å²) in [6.07, 6.45) is -5.12. The molecule has 0 saturated carbocycles. The van der Waals surface area contributed by atoms with Crippen molar-refractivity contribution in [3.8, 4) is 0 Å². The van der Waals surface area contributed by atoms with Crippen LogP contribution >= 0.6 is 0 Å². The first kappa shape index (κ1) is 21.2. The Morgan fingerprint density at radius 1 is 1.10 bits per heavy atom. The van der Waals surface area contributed by atoms with E-state index in [1.54, 1.807) is 18.2 Å². The van der Waals surface area contributed by atoms with E-state index >= 15 is 0 Å². The maximum atomic E-state index is 14.8. The molecule has 0 unspecified atom stereocenters. The van der Waals surface area contributed by atoms with Crippen LogP contribution in [0.5, 0.6) is 0 Å². The minimum atomic E-state index is -4.72. The highest BCUT2D eigenvalue weighted by atomic mass is 32.2. The Kier molecular flexibility index (Phi) is 5.65. The Labute approximate surface area is 164 Å². The van der Waals surface area contributed by atoms with Gasteiger partial charge in [-0.3, -0.25) is 4.79 Å². The number of hydroxylamine groups is 1. The zero-order valence-electron chi connectivity index (χ0n) is 14.8. The molecule has 1 aliphatic heterocycles. The second-order valence-corrected chi connectivity index (χ2v) is 8.33. The summed E-state index contributed by atoms with van der Waals surface area (Å²) < 4.78 is 79.3. The predicted molar refractivity (Wildman–Crippen MR) is 93.7 cm³/mol. The summed E-state index contributed by atoms with van der Waals surface area (Å²) in [4.78, 5) is 16.1. The second-order valence-electron chi connectivity index (χ2n) is 6.40. The Morgan fingerprint density at radius 3 is 2.45 bits per heavy atom. The lowest BCUT2D eigenvalue weighted by Gasteiger charge is -2.21. The van der Waals surface area contributed by atoms with E-state index in [0.29, 0.717) is 10.4 Å². The molecule has 0 spiro atoms. The molecule has 1 heterocycles. The quantitative estimate of drug-likeness (QED) is 0.582. The number of nitrogens with one attached hydrogen (secondary N) is 1. The summed E-state index contributed by atoms with van der Waals surface area (Å²) in [6, 6.07) is 11.0. The molecule has 0 aromatic heterocycles. The van der Waals surface area contributed by atoms with Crippen molar-refractivity contribution in [3.05, 3.63) is 65.7 Å². The number of benzene rings is 2. The summed E-state index contributed by atoms with van der Waals surface area (Å²) in [5, 5.41) is 0. The first-order chi connectivity index (χ1) is 13.5. The van der Waals surface area contributed by atoms with Gasteiger partial charge in [-0.25, -0.2) is 23.1 Å². The lowest BCUT2D eigenvalue weighted by atomic mass is 10.2. The van der Waals surface area contributed by atoms with Crippen LogP contribution in [0.3, 0.4) is 0 Å². The first-order valence-electron chi connectivity index (χ1n) is 8.41. The van der Waals surface area contributed by atoms with Gasteiger partial charge in [0.25, 0.3) is 5.91 Å². The number of carbonyl (C=O) groups excluding carboxylic acids is 1. The summed E-state index contributed by atoms with van der Waals surface area (Å²) in [6.45, 7) is -1.10. The van der Waals surface area contributed by atoms with Crippen LogP contribution in [0.2, 0.25) is 0 Å². The molecule has 1 amide bonds. The summed E-state index contributed by atoms with van der Waals surface area (Å²) in [5.41, 5.74) is 1.02. The summed E-state index contributed by atoms with van der Waals surface area (Å²) >= 11 is 0. The zero-order valence-corrected chi connectivity index (χ0v) is 15.6. The van der Waals surface area contributed by atoms with Crippen LogP contribution in [-0.4, -0.2) is 37.6 Å². The lowest BCUT2D eigenvalue weighted by molar-refractivity contribution is -0.165. The van der Waals surface area contributed by atoms with Gasteiger partial charge in [0, 0.05) is 18.5 Å². The molecule has 156 valence electrons. The van der Waals surface area contributed by atoms with Gasteiger partial charge in [-0.1, -0.05) is 24.3 Å². The van der Waals surface area contributed by atoms with Crippen LogP contribution in [0.15, 0.2) is 59.5 Å². The number of amides is 1. The van der Waals surface area contributed by atoms with Crippen LogP contribution in [-0.2, 0) is 21.0 Å². The molecule has 1 atom stereocenters. The smallest absolute Gasteiger partial charge is 0.267 e. The Morgan fingerprint density at radius 2 is 1.79 bits per heavy atom. The van der Waals surface area contributed by atoms with Gasteiger partial charge in [-0.05, 0) is 30.3 Å². The number of rotatable bonds is 5. The van der Waals surface area contributed by atoms with Gasteiger partial charge in [0.1, 0.15) is 0 Å². The third-order valence-corrected chi connectivity index (χ3v) is 6.15. The zero-order chi connectivity index (χ0) is 21.3. The normalized spacial score (nSPS) is 20.6. The number of alkyl halides is 4. The Balaban J connectivity index is 1.70. The predicted octanol–water partition coefficient (Wildman–Crippen LogP) is 3.13. The molecule has 1 saturated heterocycles. The first-order valence-corrected chi connectivity index (χ1v) is 9.85. The summed E-state index contributed by atoms with van der Waals surface area (Å²) in [7, 11) is -4.38. The van der Waals surface area contributed by atoms with Gasteiger partial charge in [0.05, 0.1) is 17.0 Å². The van der Waals surface area contributed by atoms with Crippen LogP contribution in [0.4, 0.5) is 17.6 Å².